The van der Waals surface area contributed by atoms with Gasteiger partial charge in [-0.05, 0) is 24.5 Å². The topological polar surface area (TPSA) is 66.3 Å². The number of aryl methyl sites for hydroxylation is 1. The van der Waals surface area contributed by atoms with Crippen LogP contribution in [0.4, 0.5) is 0 Å². The van der Waals surface area contributed by atoms with Crippen molar-refractivity contribution in [3.05, 3.63) is 59.7 Å². The van der Waals surface area contributed by atoms with Crippen molar-refractivity contribution in [1.82, 2.24) is 14.9 Å². The number of aliphatic hydroxyl groups excluding tert-OH is 1. The van der Waals surface area contributed by atoms with E-state index >= 15 is 0 Å². The zero-order chi connectivity index (χ0) is 16.2. The fourth-order valence-electron chi connectivity index (χ4n) is 3.05. The van der Waals surface area contributed by atoms with E-state index in [1.54, 1.807) is 23.5 Å². The van der Waals surface area contributed by atoms with Gasteiger partial charge in [0.25, 0.3) is 0 Å². The molecule has 0 bridgehead atoms. The van der Waals surface area contributed by atoms with Gasteiger partial charge in [0.2, 0.25) is 5.91 Å². The molecule has 1 N–H and O–H groups in total. The molecule has 1 aliphatic rings. The molecule has 5 nitrogen and oxygen atoms in total. The van der Waals surface area contributed by atoms with Gasteiger partial charge in [-0.3, -0.25) is 14.8 Å². The number of rotatable bonds is 4. The van der Waals surface area contributed by atoms with Crippen LogP contribution >= 0.6 is 0 Å². The van der Waals surface area contributed by atoms with Gasteiger partial charge in [-0.15, -0.1) is 0 Å². The molecule has 0 radical (unpaired) electrons. The van der Waals surface area contributed by atoms with Crippen molar-refractivity contribution in [3.8, 4) is 0 Å². The van der Waals surface area contributed by atoms with E-state index in [1.165, 1.54) is 0 Å². The predicted molar refractivity (Wildman–Crippen MR) is 86.7 cm³/mol. The highest BCUT2D eigenvalue weighted by atomic mass is 16.3. The smallest absolute Gasteiger partial charge is 0.227 e. The minimum absolute atomic E-state index is 0.0209. The first kappa shape index (κ1) is 15.6. The summed E-state index contributed by atoms with van der Waals surface area (Å²) in [5.41, 5.74) is 3.02. The van der Waals surface area contributed by atoms with Crippen molar-refractivity contribution in [1.29, 1.82) is 0 Å². The number of likely N-dealkylation sites (tertiary alicyclic amines) is 1. The Morgan fingerprint density at radius 3 is 2.87 bits per heavy atom. The quantitative estimate of drug-likeness (QED) is 0.926. The zero-order valence-corrected chi connectivity index (χ0v) is 13.2. The molecule has 1 aromatic heterocycles. The Morgan fingerprint density at radius 1 is 1.30 bits per heavy atom. The van der Waals surface area contributed by atoms with Crippen molar-refractivity contribution in [2.24, 2.45) is 5.92 Å². The van der Waals surface area contributed by atoms with Crippen molar-refractivity contribution in [2.45, 2.75) is 25.9 Å². The maximum Gasteiger partial charge on any atom is 0.227 e. The molecule has 0 unspecified atom stereocenters. The Hall–Kier alpha value is -2.27. The molecule has 120 valence electrons. The molecule has 0 saturated carbocycles. The molecule has 0 aliphatic carbocycles. The zero-order valence-electron chi connectivity index (χ0n) is 13.2. The first-order valence-corrected chi connectivity index (χ1v) is 7.88. The van der Waals surface area contributed by atoms with Crippen LogP contribution < -0.4 is 0 Å². The first-order valence-electron chi connectivity index (χ1n) is 7.88. The van der Waals surface area contributed by atoms with Gasteiger partial charge in [-0.2, -0.15) is 0 Å². The summed E-state index contributed by atoms with van der Waals surface area (Å²) in [7, 11) is 0. The number of benzene rings is 1. The molecular formula is C18H21N3O2. The molecule has 1 fully saturated rings. The number of amides is 1. The van der Waals surface area contributed by atoms with Crippen molar-refractivity contribution in [2.75, 3.05) is 13.1 Å². The number of carbonyl (C=O) groups is 1. The SMILES string of the molecule is Cc1ccccc1CC(=O)N1C[C@@H](Cc2cnccn2)[C@H](O)C1. The fraction of sp³-hybridized carbons (Fsp3) is 0.389. The maximum atomic E-state index is 12.5. The van der Waals surface area contributed by atoms with Crippen molar-refractivity contribution < 1.29 is 9.90 Å². The normalized spacial score (nSPS) is 20.7. The van der Waals surface area contributed by atoms with Crippen LogP contribution in [0, 0.1) is 12.8 Å². The number of β-amino-alcohol motifs (C(OH)–C–C–N with tert-alkyl or cyclic N) is 1. The molecule has 23 heavy (non-hydrogen) atoms. The van der Waals surface area contributed by atoms with Crippen molar-refractivity contribution in [3.63, 3.8) is 0 Å². The monoisotopic (exact) mass is 311 g/mol. The molecule has 5 heteroatoms. The van der Waals surface area contributed by atoms with E-state index < -0.39 is 6.10 Å². The largest absolute Gasteiger partial charge is 0.391 e. The highest BCUT2D eigenvalue weighted by molar-refractivity contribution is 5.79. The molecule has 1 amide bonds. The third kappa shape index (κ3) is 3.74. The van der Waals surface area contributed by atoms with Crippen LogP contribution in [0.5, 0.6) is 0 Å². The third-order valence-corrected chi connectivity index (χ3v) is 4.45. The summed E-state index contributed by atoms with van der Waals surface area (Å²) in [6.07, 6.45) is 5.52. The minimum Gasteiger partial charge on any atom is -0.391 e. The third-order valence-electron chi connectivity index (χ3n) is 4.45. The number of aromatic nitrogens is 2. The molecule has 2 aromatic rings. The van der Waals surface area contributed by atoms with Crippen LogP contribution in [0.25, 0.3) is 0 Å². The van der Waals surface area contributed by atoms with Crippen LogP contribution in [0.2, 0.25) is 0 Å². The molecule has 2 atom stereocenters. The first-order chi connectivity index (χ1) is 11.1. The molecule has 3 rings (SSSR count). The Morgan fingerprint density at radius 2 is 2.13 bits per heavy atom. The average molecular weight is 311 g/mol. The standard InChI is InChI=1S/C18H21N3O2/c1-13-4-2-3-5-14(13)9-18(23)21-11-15(17(22)12-21)8-16-10-19-6-7-20-16/h2-7,10,15,17,22H,8-9,11-12H2,1H3/t15-,17-/m1/s1. The summed E-state index contributed by atoms with van der Waals surface area (Å²) < 4.78 is 0. The molecule has 0 spiro atoms. The second-order valence-electron chi connectivity index (χ2n) is 6.13. The van der Waals surface area contributed by atoms with Crippen LogP contribution in [0.15, 0.2) is 42.9 Å². The highest BCUT2D eigenvalue weighted by Gasteiger charge is 2.34. The number of aliphatic hydroxyl groups is 1. The van der Waals surface area contributed by atoms with Crippen LogP contribution in [-0.4, -0.2) is 45.1 Å². The van der Waals surface area contributed by atoms with E-state index in [9.17, 15) is 9.90 Å². The van der Waals surface area contributed by atoms with Gasteiger partial charge < -0.3 is 10.0 Å². The van der Waals surface area contributed by atoms with Gasteiger partial charge >= 0.3 is 0 Å². The summed E-state index contributed by atoms with van der Waals surface area (Å²) in [4.78, 5) is 22.6. The van der Waals surface area contributed by atoms with Crippen molar-refractivity contribution >= 4 is 5.91 Å². The molecule has 2 heterocycles. The highest BCUT2D eigenvalue weighted by Crippen LogP contribution is 2.22. The summed E-state index contributed by atoms with van der Waals surface area (Å²) in [5, 5.41) is 10.2. The average Bonchev–Trinajstić information content (AvgIpc) is 2.92. The van der Waals surface area contributed by atoms with E-state index in [0.29, 0.717) is 25.9 Å². The van der Waals surface area contributed by atoms with Gasteiger partial charge in [0.1, 0.15) is 0 Å². The van der Waals surface area contributed by atoms with Gasteiger partial charge in [0, 0.05) is 37.6 Å². The predicted octanol–water partition coefficient (Wildman–Crippen LogP) is 1.39. The summed E-state index contributed by atoms with van der Waals surface area (Å²) in [5.74, 6) is 0.0903. The summed E-state index contributed by atoms with van der Waals surface area (Å²) >= 11 is 0. The second-order valence-corrected chi connectivity index (χ2v) is 6.13. The lowest BCUT2D eigenvalue weighted by molar-refractivity contribution is -0.129. The van der Waals surface area contributed by atoms with E-state index in [0.717, 1.165) is 16.8 Å². The number of hydrogen-bond donors (Lipinski definition) is 1. The maximum absolute atomic E-state index is 12.5. The number of hydrogen-bond acceptors (Lipinski definition) is 4. The van der Waals surface area contributed by atoms with E-state index in [4.69, 9.17) is 0 Å². The van der Waals surface area contributed by atoms with Gasteiger partial charge in [0.15, 0.2) is 0 Å². The molecular weight excluding hydrogens is 290 g/mol. The lowest BCUT2D eigenvalue weighted by Gasteiger charge is -2.17. The Kier molecular flexibility index (Phi) is 4.67. The van der Waals surface area contributed by atoms with Crippen LogP contribution in [0.1, 0.15) is 16.8 Å². The Labute approximate surface area is 136 Å². The summed E-state index contributed by atoms with van der Waals surface area (Å²) in [6, 6.07) is 7.92. The number of nitrogens with zero attached hydrogens (tertiary/aromatic N) is 3. The summed E-state index contributed by atoms with van der Waals surface area (Å²) in [6.45, 7) is 2.98. The van der Waals surface area contributed by atoms with Crippen LogP contribution in [0.3, 0.4) is 0 Å². The Balaban J connectivity index is 1.62. The Bertz CT molecular complexity index is 675. The fourth-order valence-corrected chi connectivity index (χ4v) is 3.05. The lowest BCUT2D eigenvalue weighted by atomic mass is 10.0. The van der Waals surface area contributed by atoms with E-state index in [2.05, 4.69) is 9.97 Å². The molecule has 1 aliphatic heterocycles. The van der Waals surface area contributed by atoms with E-state index in [-0.39, 0.29) is 11.8 Å². The second kappa shape index (κ2) is 6.87. The van der Waals surface area contributed by atoms with Crippen LogP contribution in [-0.2, 0) is 17.6 Å². The van der Waals surface area contributed by atoms with Gasteiger partial charge in [-0.25, -0.2) is 0 Å². The lowest BCUT2D eigenvalue weighted by Crippen LogP contribution is -2.31. The molecule has 1 saturated heterocycles. The van der Waals surface area contributed by atoms with Gasteiger partial charge in [0.05, 0.1) is 18.2 Å². The van der Waals surface area contributed by atoms with E-state index in [1.807, 2.05) is 31.2 Å². The minimum atomic E-state index is -0.502. The van der Waals surface area contributed by atoms with Gasteiger partial charge in [-0.1, -0.05) is 24.3 Å². The molecule has 1 aromatic carbocycles. The number of carbonyl (C=O) groups excluding carboxylic acids is 1.